The zero-order chi connectivity index (χ0) is 24.7. The van der Waals surface area contributed by atoms with Crippen LogP contribution in [0, 0.1) is 11.8 Å². The summed E-state index contributed by atoms with van der Waals surface area (Å²) in [5.41, 5.74) is 0. The van der Waals surface area contributed by atoms with Crippen molar-refractivity contribution in [2.75, 3.05) is 0 Å². The Morgan fingerprint density at radius 1 is 0.939 bits per heavy atom. The Hall–Kier alpha value is 0.226. The van der Waals surface area contributed by atoms with E-state index in [4.69, 9.17) is 4.43 Å². The fourth-order valence-corrected chi connectivity index (χ4v) is 26.7. The van der Waals surface area contributed by atoms with E-state index in [9.17, 15) is 4.79 Å². The number of hydrogen-bond acceptors (Lipinski definition) is 2. The first kappa shape index (κ1) is 29.5. The van der Waals surface area contributed by atoms with Crippen LogP contribution < -0.4 is 0 Å². The van der Waals surface area contributed by atoms with Crippen LogP contribution in [-0.4, -0.2) is 32.5 Å². The van der Waals surface area contributed by atoms with Crippen molar-refractivity contribution in [2.24, 2.45) is 11.8 Å². The van der Waals surface area contributed by atoms with Crippen molar-refractivity contribution >= 4 is 32.5 Å². The summed E-state index contributed by atoms with van der Waals surface area (Å²) in [6.45, 7) is 18.8. The Kier molecular flexibility index (Phi) is 11.6. The number of fused-ring (bicyclic) bond motifs is 1. The first-order chi connectivity index (χ1) is 15.5. The molecule has 0 N–H and O–H groups in total. The third kappa shape index (κ3) is 7.60. The van der Waals surface area contributed by atoms with Gasteiger partial charge in [0.2, 0.25) is 0 Å². The molecule has 0 saturated heterocycles. The number of rotatable bonds is 12. The predicted molar refractivity (Wildman–Crippen MR) is 150 cm³/mol. The zero-order valence-corrected chi connectivity index (χ0v) is 27.4. The molecule has 0 unspecified atom stereocenters. The molecule has 2 nitrogen and oxygen atoms in total. The van der Waals surface area contributed by atoms with Gasteiger partial charge in [-0.2, -0.15) is 0 Å². The van der Waals surface area contributed by atoms with E-state index in [1.165, 1.54) is 71.1 Å². The average molecular weight is 584 g/mol. The number of Topliss-reactive ketones (excluding diaryl/α,β-unsaturated/α-hetero) is 1. The molecule has 1 fully saturated rings. The fraction of sp³-hybridized carbons (Fsp3) is 0.897. The van der Waals surface area contributed by atoms with Crippen molar-refractivity contribution in [3.05, 3.63) is 11.8 Å². The van der Waals surface area contributed by atoms with Gasteiger partial charge in [0.15, 0.2) is 0 Å². The van der Waals surface area contributed by atoms with E-state index in [0.717, 1.165) is 12.2 Å². The molecule has 0 heterocycles. The second kappa shape index (κ2) is 13.0. The molecule has 0 spiro atoms. The van der Waals surface area contributed by atoms with Gasteiger partial charge < -0.3 is 0 Å². The first-order valence-corrected chi connectivity index (χ1v) is 25.0. The van der Waals surface area contributed by atoms with Crippen molar-refractivity contribution in [2.45, 2.75) is 148 Å². The van der Waals surface area contributed by atoms with Crippen molar-refractivity contribution < 1.29 is 9.22 Å². The Labute approximate surface area is 212 Å². The molecule has 1 saturated carbocycles. The van der Waals surface area contributed by atoms with E-state index < -0.39 is 26.7 Å². The summed E-state index contributed by atoms with van der Waals surface area (Å²) in [5, 5.41) is 0.165. The number of allylic oxidation sites excluding steroid dienone is 2. The molecule has 192 valence electrons. The van der Waals surface area contributed by atoms with Crippen molar-refractivity contribution in [1.82, 2.24) is 0 Å². The van der Waals surface area contributed by atoms with Gasteiger partial charge in [0.05, 0.1) is 0 Å². The number of ketones is 1. The van der Waals surface area contributed by atoms with E-state index in [2.05, 4.69) is 60.7 Å². The summed E-state index contributed by atoms with van der Waals surface area (Å²) >= 11 is -2.56. The first-order valence-electron chi connectivity index (χ1n) is 14.4. The monoisotopic (exact) mass is 584 g/mol. The molecule has 0 aliphatic heterocycles. The SMILES string of the molecule is CCC[CH2][Sn]([CH2]CCC)([CH2]CCC)[C@@H]1C=C(O[Si](C)(C)C(C)(C)C)CC(=O)[C@H]2CCCC[C@H]21. The molecule has 4 heteroatoms. The molecule has 2 aliphatic carbocycles. The van der Waals surface area contributed by atoms with Gasteiger partial charge >= 0.3 is 213 Å². The second-order valence-corrected chi connectivity index (χ2v) is 31.6. The summed E-state index contributed by atoms with van der Waals surface area (Å²) in [7, 11) is -1.96. The van der Waals surface area contributed by atoms with Gasteiger partial charge in [0, 0.05) is 0 Å². The van der Waals surface area contributed by atoms with Crippen LogP contribution in [0.1, 0.15) is 112 Å². The molecule has 0 aromatic heterocycles. The quantitative estimate of drug-likeness (QED) is 0.214. The second-order valence-electron chi connectivity index (χ2n) is 12.9. The topological polar surface area (TPSA) is 26.3 Å². The molecule has 2 rings (SSSR count). The van der Waals surface area contributed by atoms with Crippen LogP contribution in [0.4, 0.5) is 0 Å². The maximum absolute atomic E-state index is 13.6. The Morgan fingerprint density at radius 2 is 1.45 bits per heavy atom. The number of carbonyl (C=O) groups excluding carboxylic acids is 1. The molecular formula is C29H56O2SiSn. The van der Waals surface area contributed by atoms with E-state index in [0.29, 0.717) is 28.0 Å². The van der Waals surface area contributed by atoms with Crippen LogP contribution in [0.3, 0.4) is 0 Å². The minimum atomic E-state index is -2.56. The van der Waals surface area contributed by atoms with Gasteiger partial charge in [-0.1, -0.05) is 0 Å². The van der Waals surface area contributed by atoms with Gasteiger partial charge in [-0.25, -0.2) is 0 Å². The van der Waals surface area contributed by atoms with Crippen molar-refractivity contribution in [3.63, 3.8) is 0 Å². The normalized spacial score (nSPS) is 24.8. The van der Waals surface area contributed by atoms with Crippen LogP contribution >= 0.6 is 0 Å². The molecule has 0 aromatic carbocycles. The van der Waals surface area contributed by atoms with Gasteiger partial charge in [-0.3, -0.25) is 0 Å². The molecule has 0 radical (unpaired) electrons. The molecule has 3 atom stereocenters. The van der Waals surface area contributed by atoms with E-state index in [1.54, 1.807) is 0 Å². The van der Waals surface area contributed by atoms with Gasteiger partial charge in [-0.05, 0) is 0 Å². The molecular weight excluding hydrogens is 527 g/mol. The summed E-state index contributed by atoms with van der Waals surface area (Å²) in [5.74, 6) is 2.53. The number of unbranched alkanes of at least 4 members (excludes halogenated alkanes) is 3. The van der Waals surface area contributed by atoms with E-state index in [1.807, 2.05) is 0 Å². The maximum atomic E-state index is 13.6. The number of carbonyl (C=O) groups is 1. The molecule has 0 aromatic rings. The average Bonchev–Trinajstić information content (AvgIpc) is 2.89. The van der Waals surface area contributed by atoms with Crippen LogP contribution in [0.25, 0.3) is 0 Å². The summed E-state index contributed by atoms with van der Waals surface area (Å²) < 4.78 is 12.2. The third-order valence-electron chi connectivity index (χ3n) is 9.39. The van der Waals surface area contributed by atoms with Gasteiger partial charge in [-0.15, -0.1) is 0 Å². The summed E-state index contributed by atoms with van der Waals surface area (Å²) in [4.78, 5) is 13.6. The molecule has 2 aliphatic rings. The van der Waals surface area contributed by atoms with Crippen LogP contribution in [0.15, 0.2) is 11.8 Å². The minimum absolute atomic E-state index is 0.165. The zero-order valence-electron chi connectivity index (χ0n) is 23.5. The Balaban J connectivity index is 2.58. The van der Waals surface area contributed by atoms with Crippen LogP contribution in [-0.2, 0) is 9.22 Å². The Morgan fingerprint density at radius 3 is 1.94 bits per heavy atom. The Bertz CT molecular complexity index is 627. The van der Waals surface area contributed by atoms with Crippen molar-refractivity contribution in [3.8, 4) is 0 Å². The van der Waals surface area contributed by atoms with Crippen molar-refractivity contribution in [1.29, 1.82) is 0 Å². The van der Waals surface area contributed by atoms with E-state index >= 15 is 0 Å². The van der Waals surface area contributed by atoms with Crippen LogP contribution in [0.2, 0.25) is 35.4 Å². The number of hydrogen-bond donors (Lipinski definition) is 0. The summed E-state index contributed by atoms with van der Waals surface area (Å²) in [6.07, 6.45) is 16.4. The fourth-order valence-electron chi connectivity index (χ4n) is 6.32. The third-order valence-corrected chi connectivity index (χ3v) is 31.1. The molecule has 33 heavy (non-hydrogen) atoms. The van der Waals surface area contributed by atoms with Crippen LogP contribution in [0.5, 0.6) is 0 Å². The van der Waals surface area contributed by atoms with Gasteiger partial charge in [0.1, 0.15) is 0 Å². The molecule has 0 bridgehead atoms. The van der Waals surface area contributed by atoms with E-state index in [-0.39, 0.29) is 5.04 Å². The molecule has 0 amide bonds. The predicted octanol–water partition coefficient (Wildman–Crippen LogP) is 9.89. The standard InChI is InChI=1S/C17H29O2Si.3C4H9.Sn/c1-17(2,3)20(4,5)19-14-11-10-13-8-6-7-9-15(13)16(18)12-14;3*1-3-4-2;/h10-11,13,15H,6-9,12H2,1-5H3;3*1,3-4H2,2H3;/t13-,15-;;;;/m0..../s1. The summed E-state index contributed by atoms with van der Waals surface area (Å²) in [6, 6.07) is 0. The van der Waals surface area contributed by atoms with Gasteiger partial charge in [0.25, 0.3) is 0 Å².